The molecule has 6 nitrogen and oxygen atoms in total. The van der Waals surface area contributed by atoms with E-state index in [2.05, 4.69) is 23.8 Å². The molecule has 4 rings (SSSR count). The minimum Gasteiger partial charge on any atom is -0.497 e. The number of ether oxygens (including phenoxy) is 2. The van der Waals surface area contributed by atoms with E-state index in [9.17, 15) is 4.79 Å². The van der Waals surface area contributed by atoms with Crippen LogP contribution < -0.4 is 9.47 Å². The number of nitrogens with zero attached hydrogens (tertiary/aromatic N) is 3. The molecule has 0 spiro atoms. The van der Waals surface area contributed by atoms with Crippen molar-refractivity contribution < 1.29 is 14.3 Å². The second kappa shape index (κ2) is 7.25. The Morgan fingerprint density at radius 3 is 2.63 bits per heavy atom. The van der Waals surface area contributed by atoms with Crippen LogP contribution in [-0.4, -0.2) is 46.4 Å². The molecule has 1 aromatic carbocycles. The number of rotatable bonds is 6. The number of likely N-dealkylation sites (tertiary alicyclic amines) is 1. The minimum absolute atomic E-state index is 0.0810. The second-order valence-electron chi connectivity index (χ2n) is 7.80. The third-order valence-electron chi connectivity index (χ3n) is 5.83. The van der Waals surface area contributed by atoms with Crippen LogP contribution >= 0.6 is 0 Å². The molecule has 27 heavy (non-hydrogen) atoms. The molecule has 2 heterocycles. The molecule has 6 heteroatoms. The quantitative estimate of drug-likeness (QED) is 0.781. The minimum atomic E-state index is 0.0810. The van der Waals surface area contributed by atoms with Crippen molar-refractivity contribution >= 4 is 5.91 Å². The molecule has 0 radical (unpaired) electrons. The number of hydrogen-bond donors (Lipinski definition) is 0. The molecular weight excluding hydrogens is 342 g/mol. The van der Waals surface area contributed by atoms with Crippen LogP contribution in [0.5, 0.6) is 11.5 Å². The van der Waals surface area contributed by atoms with E-state index in [1.807, 2.05) is 35.1 Å². The highest BCUT2D eigenvalue weighted by molar-refractivity contribution is 5.94. The lowest BCUT2D eigenvalue weighted by Gasteiger charge is -2.35. The summed E-state index contributed by atoms with van der Waals surface area (Å²) >= 11 is 0. The number of hydrogen-bond acceptors (Lipinski definition) is 4. The molecule has 1 aliphatic carbocycles. The average molecular weight is 369 g/mol. The fourth-order valence-electron chi connectivity index (χ4n) is 4.36. The molecule has 144 valence electrons. The summed E-state index contributed by atoms with van der Waals surface area (Å²) in [7, 11) is 1.65. The molecule has 1 amide bonds. The zero-order valence-corrected chi connectivity index (χ0v) is 16.2. The predicted octanol–water partition coefficient (Wildman–Crippen LogP) is 3.54. The molecule has 2 unspecified atom stereocenters. The van der Waals surface area contributed by atoms with Crippen LogP contribution in [0.2, 0.25) is 0 Å². The van der Waals surface area contributed by atoms with Crippen molar-refractivity contribution in [2.24, 2.45) is 5.92 Å². The highest BCUT2D eigenvalue weighted by Crippen LogP contribution is 2.43. The first-order valence-corrected chi connectivity index (χ1v) is 9.70. The molecule has 3 atom stereocenters. The number of aromatic nitrogens is 2. The summed E-state index contributed by atoms with van der Waals surface area (Å²) in [6.45, 7) is 4.65. The normalized spacial score (nSPS) is 23.9. The molecule has 1 aromatic heterocycles. The second-order valence-corrected chi connectivity index (χ2v) is 7.80. The van der Waals surface area contributed by atoms with Crippen molar-refractivity contribution in [3.63, 3.8) is 0 Å². The Morgan fingerprint density at radius 2 is 1.96 bits per heavy atom. The van der Waals surface area contributed by atoms with Crippen LogP contribution in [0.15, 0.2) is 36.7 Å². The number of methoxy groups -OCH3 is 1. The van der Waals surface area contributed by atoms with Crippen LogP contribution in [0.1, 0.15) is 49.5 Å². The Morgan fingerprint density at radius 1 is 1.22 bits per heavy atom. The maximum atomic E-state index is 13.2. The van der Waals surface area contributed by atoms with Crippen LogP contribution in [-0.2, 0) is 0 Å². The highest BCUT2D eigenvalue weighted by atomic mass is 16.5. The summed E-state index contributed by atoms with van der Waals surface area (Å²) in [6, 6.07) is 8.29. The summed E-state index contributed by atoms with van der Waals surface area (Å²) in [5.74, 6) is 2.22. The number of fused-ring (bicyclic) bond motifs is 2. The summed E-state index contributed by atoms with van der Waals surface area (Å²) in [5.41, 5.74) is 0.672. The van der Waals surface area contributed by atoms with Crippen molar-refractivity contribution in [2.75, 3.05) is 13.7 Å². The predicted molar refractivity (Wildman–Crippen MR) is 102 cm³/mol. The van der Waals surface area contributed by atoms with Gasteiger partial charge in [0, 0.05) is 18.3 Å². The van der Waals surface area contributed by atoms with Crippen molar-refractivity contribution in [3.8, 4) is 11.5 Å². The van der Waals surface area contributed by atoms with Gasteiger partial charge in [-0.15, -0.1) is 0 Å². The lowest BCUT2D eigenvalue weighted by atomic mass is 9.99. The average Bonchev–Trinajstić information content (AvgIpc) is 3.41. The van der Waals surface area contributed by atoms with E-state index in [1.54, 1.807) is 13.3 Å². The van der Waals surface area contributed by atoms with Gasteiger partial charge in [-0.25, -0.2) is 0 Å². The topological polar surface area (TPSA) is 56.6 Å². The highest BCUT2D eigenvalue weighted by Gasteiger charge is 2.48. The Kier molecular flexibility index (Phi) is 4.81. The fourth-order valence-corrected chi connectivity index (χ4v) is 4.36. The smallest absolute Gasteiger partial charge is 0.257 e. The van der Waals surface area contributed by atoms with Gasteiger partial charge in [-0.05, 0) is 63.3 Å². The van der Waals surface area contributed by atoms with Gasteiger partial charge < -0.3 is 14.4 Å². The Balaban J connectivity index is 1.47. The molecule has 2 fully saturated rings. The van der Waals surface area contributed by atoms with Crippen LogP contribution in [0.25, 0.3) is 0 Å². The summed E-state index contributed by atoms with van der Waals surface area (Å²) in [4.78, 5) is 15.2. The third-order valence-corrected chi connectivity index (χ3v) is 5.83. The van der Waals surface area contributed by atoms with Crippen LogP contribution in [0.4, 0.5) is 0 Å². The summed E-state index contributed by atoms with van der Waals surface area (Å²) in [5, 5.41) is 4.33. The van der Waals surface area contributed by atoms with E-state index in [0.29, 0.717) is 24.1 Å². The van der Waals surface area contributed by atoms with E-state index in [-0.39, 0.29) is 18.0 Å². The van der Waals surface area contributed by atoms with Gasteiger partial charge in [0.15, 0.2) is 0 Å². The lowest BCUT2D eigenvalue weighted by molar-refractivity contribution is 0.0505. The molecule has 1 saturated heterocycles. The third kappa shape index (κ3) is 3.40. The first-order valence-electron chi connectivity index (χ1n) is 9.70. The zero-order chi connectivity index (χ0) is 19.0. The molecule has 2 bridgehead atoms. The summed E-state index contributed by atoms with van der Waals surface area (Å²) < 4.78 is 13.1. The van der Waals surface area contributed by atoms with Gasteiger partial charge in [0.25, 0.3) is 5.91 Å². The number of piperidine rings is 1. The van der Waals surface area contributed by atoms with Crippen molar-refractivity contribution in [2.45, 2.75) is 51.2 Å². The first kappa shape index (κ1) is 17.9. The molecule has 1 saturated carbocycles. The maximum Gasteiger partial charge on any atom is 0.257 e. The van der Waals surface area contributed by atoms with Crippen LogP contribution in [0, 0.1) is 5.92 Å². The van der Waals surface area contributed by atoms with E-state index < -0.39 is 0 Å². The van der Waals surface area contributed by atoms with Gasteiger partial charge in [-0.2, -0.15) is 5.10 Å². The first-order chi connectivity index (χ1) is 13.1. The summed E-state index contributed by atoms with van der Waals surface area (Å²) in [6.07, 6.45) is 6.90. The fraction of sp³-hybridized carbons (Fsp3) is 0.524. The number of amides is 1. The zero-order valence-electron chi connectivity index (χ0n) is 16.2. The van der Waals surface area contributed by atoms with E-state index in [0.717, 1.165) is 24.3 Å². The van der Waals surface area contributed by atoms with Gasteiger partial charge in [0.1, 0.15) is 18.1 Å². The van der Waals surface area contributed by atoms with Gasteiger partial charge in [0.05, 0.1) is 24.9 Å². The van der Waals surface area contributed by atoms with Gasteiger partial charge in [-0.1, -0.05) is 0 Å². The lowest BCUT2D eigenvalue weighted by Crippen LogP contribution is -2.47. The molecule has 1 aliphatic heterocycles. The van der Waals surface area contributed by atoms with E-state index in [4.69, 9.17) is 9.47 Å². The van der Waals surface area contributed by atoms with E-state index >= 15 is 0 Å². The monoisotopic (exact) mass is 369 g/mol. The number of benzene rings is 1. The molecule has 2 aromatic rings. The molecular formula is C21H27N3O3. The Bertz CT molecular complexity index is 799. The standard InChI is InChI=1S/C21H27N3O3/c1-14(2)23-12-16(11-22-23)21(25)24-17-5-4-15(10-17)20(24)13-27-19-8-6-18(26-3)7-9-19/h6-9,11-12,14-15,17,20H,4-5,10,13H2,1-3H3/t15?,17?,20-/m0/s1. The van der Waals surface area contributed by atoms with Gasteiger partial charge in [0.2, 0.25) is 0 Å². The Hall–Kier alpha value is -2.50. The van der Waals surface area contributed by atoms with Gasteiger partial charge in [-0.3, -0.25) is 9.48 Å². The van der Waals surface area contributed by atoms with Crippen molar-refractivity contribution in [3.05, 3.63) is 42.2 Å². The number of carbonyl (C=O) groups is 1. The maximum absolute atomic E-state index is 13.2. The van der Waals surface area contributed by atoms with Crippen molar-refractivity contribution in [1.82, 2.24) is 14.7 Å². The van der Waals surface area contributed by atoms with Crippen LogP contribution in [0.3, 0.4) is 0 Å². The number of carbonyl (C=O) groups excluding carboxylic acids is 1. The molecule has 0 N–H and O–H groups in total. The SMILES string of the molecule is COc1ccc(OC[C@H]2C3CCC(C3)N2C(=O)c2cnn(C(C)C)c2)cc1. The Labute approximate surface area is 160 Å². The molecule has 2 aliphatic rings. The largest absolute Gasteiger partial charge is 0.497 e. The van der Waals surface area contributed by atoms with Crippen molar-refractivity contribution in [1.29, 1.82) is 0 Å². The van der Waals surface area contributed by atoms with Gasteiger partial charge >= 0.3 is 0 Å². The van der Waals surface area contributed by atoms with E-state index in [1.165, 1.54) is 6.42 Å².